The summed E-state index contributed by atoms with van der Waals surface area (Å²) in [4.78, 5) is 4.61. The Morgan fingerprint density at radius 2 is 1.92 bits per heavy atom. The Bertz CT molecular complexity index is 180. The summed E-state index contributed by atoms with van der Waals surface area (Å²) in [6.07, 6.45) is 0.432. The van der Waals surface area contributed by atoms with Crippen LogP contribution in [0.3, 0.4) is 0 Å². The van der Waals surface area contributed by atoms with Crippen LogP contribution in [0, 0.1) is 5.92 Å². The predicted molar refractivity (Wildman–Crippen MR) is 51.5 cm³/mol. The first-order valence-electron chi connectivity index (χ1n) is 5.23. The van der Waals surface area contributed by atoms with Crippen LogP contribution in [0.15, 0.2) is 0 Å². The van der Waals surface area contributed by atoms with E-state index in [-0.39, 0.29) is 5.92 Å². The molecule has 0 aromatic carbocycles. The van der Waals surface area contributed by atoms with E-state index in [0.717, 1.165) is 26.1 Å². The van der Waals surface area contributed by atoms with Crippen LogP contribution in [0.1, 0.15) is 13.3 Å². The quantitative estimate of drug-likeness (QED) is 0.602. The molecule has 0 radical (unpaired) electrons. The van der Waals surface area contributed by atoms with Crippen LogP contribution in [0.5, 0.6) is 0 Å². The first kappa shape index (κ1) is 9.41. The van der Waals surface area contributed by atoms with Crippen molar-refractivity contribution in [3.8, 4) is 0 Å². The Morgan fingerprint density at radius 3 is 2.46 bits per heavy atom. The maximum absolute atomic E-state index is 13.4. The molecule has 2 nitrogen and oxygen atoms in total. The van der Waals surface area contributed by atoms with Crippen LogP contribution in [0.2, 0.25) is 0 Å². The second kappa shape index (κ2) is 3.54. The number of halogens is 1. The van der Waals surface area contributed by atoms with Gasteiger partial charge in [0.25, 0.3) is 0 Å². The normalized spacial score (nSPS) is 39.0. The molecule has 3 heteroatoms. The molecule has 0 aromatic rings. The molecule has 0 spiro atoms. The molecule has 2 atom stereocenters. The predicted octanol–water partition coefficient (Wildman–Crippen LogP) is 0.980. The second-order valence-corrected chi connectivity index (χ2v) is 4.65. The number of hydrogen-bond acceptors (Lipinski definition) is 2. The second-order valence-electron chi connectivity index (χ2n) is 4.65. The Morgan fingerprint density at radius 1 is 1.23 bits per heavy atom. The van der Waals surface area contributed by atoms with E-state index in [9.17, 15) is 4.39 Å². The van der Waals surface area contributed by atoms with E-state index in [1.165, 1.54) is 0 Å². The number of rotatable bonds is 1. The fourth-order valence-electron chi connectivity index (χ4n) is 2.27. The molecule has 13 heavy (non-hydrogen) atoms. The van der Waals surface area contributed by atoms with Crippen LogP contribution in [-0.2, 0) is 0 Å². The van der Waals surface area contributed by atoms with Crippen molar-refractivity contribution in [1.82, 2.24) is 9.80 Å². The number of likely N-dealkylation sites (tertiary alicyclic amines) is 2. The Labute approximate surface area is 79.7 Å². The van der Waals surface area contributed by atoms with Gasteiger partial charge >= 0.3 is 0 Å². The topological polar surface area (TPSA) is 6.48 Å². The van der Waals surface area contributed by atoms with Gasteiger partial charge in [-0.15, -0.1) is 0 Å². The van der Waals surface area contributed by atoms with E-state index < -0.39 is 6.17 Å². The number of nitrogens with zero attached hydrogens (tertiary/aromatic N) is 2. The lowest BCUT2D eigenvalue weighted by molar-refractivity contribution is -0.00000629. The lowest BCUT2D eigenvalue weighted by Crippen LogP contribution is -2.60. The molecular formula is C10H19FN2. The Hall–Kier alpha value is -0.150. The van der Waals surface area contributed by atoms with Crippen molar-refractivity contribution in [3.63, 3.8) is 0 Å². The van der Waals surface area contributed by atoms with Crippen LogP contribution in [0.4, 0.5) is 4.39 Å². The van der Waals surface area contributed by atoms with E-state index in [4.69, 9.17) is 0 Å². The van der Waals surface area contributed by atoms with Crippen LogP contribution in [-0.4, -0.2) is 55.2 Å². The van der Waals surface area contributed by atoms with Crippen molar-refractivity contribution in [2.45, 2.75) is 25.6 Å². The van der Waals surface area contributed by atoms with Crippen LogP contribution < -0.4 is 0 Å². The van der Waals surface area contributed by atoms with Gasteiger partial charge in [-0.1, -0.05) is 6.92 Å². The number of piperidine rings is 1. The van der Waals surface area contributed by atoms with E-state index in [1.54, 1.807) is 0 Å². The van der Waals surface area contributed by atoms with Crippen molar-refractivity contribution in [1.29, 1.82) is 0 Å². The number of alkyl halides is 1. The highest BCUT2D eigenvalue weighted by molar-refractivity contribution is 4.90. The molecule has 2 unspecified atom stereocenters. The zero-order valence-electron chi connectivity index (χ0n) is 8.54. The largest absolute Gasteiger partial charge is 0.303 e. The molecule has 2 aliphatic heterocycles. The van der Waals surface area contributed by atoms with Crippen molar-refractivity contribution in [2.75, 3.05) is 33.2 Å². The third kappa shape index (κ3) is 1.86. The van der Waals surface area contributed by atoms with Gasteiger partial charge in [0.05, 0.1) is 0 Å². The summed E-state index contributed by atoms with van der Waals surface area (Å²) in [6.45, 7) is 6.04. The molecule has 0 aliphatic carbocycles. The van der Waals surface area contributed by atoms with Gasteiger partial charge in [-0.25, -0.2) is 4.39 Å². The molecule has 0 saturated carbocycles. The highest BCUT2D eigenvalue weighted by atomic mass is 19.1. The zero-order chi connectivity index (χ0) is 9.42. The van der Waals surface area contributed by atoms with Gasteiger partial charge in [0.2, 0.25) is 0 Å². The van der Waals surface area contributed by atoms with Gasteiger partial charge in [-0.3, -0.25) is 4.90 Å². The highest BCUT2D eigenvalue weighted by Gasteiger charge is 2.34. The Balaban J connectivity index is 1.82. The maximum Gasteiger partial charge on any atom is 0.115 e. The van der Waals surface area contributed by atoms with Crippen LogP contribution >= 0.6 is 0 Å². The average Bonchev–Trinajstić information content (AvgIpc) is 2.05. The van der Waals surface area contributed by atoms with Crippen molar-refractivity contribution < 1.29 is 4.39 Å². The van der Waals surface area contributed by atoms with Gasteiger partial charge in [0.15, 0.2) is 0 Å². The summed E-state index contributed by atoms with van der Waals surface area (Å²) in [5.74, 6) is 0.272. The molecule has 2 rings (SSSR count). The molecule has 2 heterocycles. The summed E-state index contributed by atoms with van der Waals surface area (Å²) in [6, 6.07) is 0.635. The lowest BCUT2D eigenvalue weighted by atomic mass is 9.94. The highest BCUT2D eigenvalue weighted by Crippen LogP contribution is 2.24. The first-order valence-corrected chi connectivity index (χ1v) is 5.23. The van der Waals surface area contributed by atoms with Gasteiger partial charge in [0.1, 0.15) is 6.17 Å². The Kier molecular flexibility index (Phi) is 2.56. The molecule has 2 fully saturated rings. The molecule has 2 saturated heterocycles. The van der Waals surface area contributed by atoms with E-state index in [0.29, 0.717) is 12.6 Å². The third-order valence-corrected chi connectivity index (χ3v) is 3.46. The molecule has 0 N–H and O–H groups in total. The third-order valence-electron chi connectivity index (χ3n) is 3.46. The summed E-state index contributed by atoms with van der Waals surface area (Å²) < 4.78 is 13.4. The molecule has 0 bridgehead atoms. The van der Waals surface area contributed by atoms with Crippen molar-refractivity contribution in [3.05, 3.63) is 0 Å². The zero-order valence-corrected chi connectivity index (χ0v) is 8.54. The van der Waals surface area contributed by atoms with Gasteiger partial charge in [-0.2, -0.15) is 0 Å². The lowest BCUT2D eigenvalue weighted by Gasteiger charge is -2.46. The van der Waals surface area contributed by atoms with E-state index in [2.05, 4.69) is 16.8 Å². The minimum Gasteiger partial charge on any atom is -0.303 e. The molecule has 0 amide bonds. The monoisotopic (exact) mass is 186 g/mol. The number of hydrogen-bond donors (Lipinski definition) is 0. The molecule has 76 valence electrons. The minimum atomic E-state index is -0.598. The van der Waals surface area contributed by atoms with Gasteiger partial charge in [-0.05, 0) is 25.9 Å². The fraction of sp³-hybridized carbons (Fsp3) is 1.00. The smallest absolute Gasteiger partial charge is 0.115 e. The van der Waals surface area contributed by atoms with Crippen LogP contribution in [0.25, 0.3) is 0 Å². The summed E-state index contributed by atoms with van der Waals surface area (Å²) in [5.41, 5.74) is 0. The average molecular weight is 186 g/mol. The maximum atomic E-state index is 13.4. The molecule has 0 aromatic heterocycles. The van der Waals surface area contributed by atoms with E-state index in [1.807, 2.05) is 6.92 Å². The van der Waals surface area contributed by atoms with Gasteiger partial charge in [0, 0.05) is 25.7 Å². The molecule has 2 aliphatic rings. The standard InChI is InChI=1S/C10H19FN2/c1-8-3-4-13(7-10(8)11)9-5-12(2)6-9/h8-10H,3-7H2,1-2H3. The fourth-order valence-corrected chi connectivity index (χ4v) is 2.27. The summed E-state index contributed by atoms with van der Waals surface area (Å²) in [7, 11) is 2.12. The minimum absolute atomic E-state index is 0.272. The van der Waals surface area contributed by atoms with Crippen molar-refractivity contribution >= 4 is 0 Å². The first-order chi connectivity index (χ1) is 6.16. The molecular weight excluding hydrogens is 167 g/mol. The SMILES string of the molecule is CC1CCN(C2CN(C)C2)CC1F. The van der Waals surface area contributed by atoms with E-state index >= 15 is 0 Å². The summed E-state index contributed by atoms with van der Waals surface area (Å²) >= 11 is 0. The van der Waals surface area contributed by atoms with Gasteiger partial charge < -0.3 is 4.90 Å². The summed E-state index contributed by atoms with van der Waals surface area (Å²) in [5, 5.41) is 0. The van der Waals surface area contributed by atoms with Crippen molar-refractivity contribution in [2.24, 2.45) is 5.92 Å². The number of likely N-dealkylation sites (N-methyl/N-ethyl adjacent to an activating group) is 1.